The number of aromatic nitrogens is 1. The van der Waals surface area contributed by atoms with E-state index >= 15 is 0 Å². The van der Waals surface area contributed by atoms with E-state index in [1.807, 2.05) is 36.4 Å². The summed E-state index contributed by atoms with van der Waals surface area (Å²) in [5, 5.41) is 6.24. The van der Waals surface area contributed by atoms with E-state index in [1.54, 1.807) is 12.3 Å². The Bertz CT molecular complexity index is 672. The lowest BCUT2D eigenvalue weighted by Gasteiger charge is -2.28. The molecule has 24 heavy (non-hydrogen) atoms. The van der Waals surface area contributed by atoms with Gasteiger partial charge in [0.15, 0.2) is 6.10 Å². The lowest BCUT2D eigenvalue weighted by Crippen LogP contribution is -2.43. The van der Waals surface area contributed by atoms with E-state index in [0.717, 1.165) is 43.2 Å². The highest BCUT2D eigenvalue weighted by Crippen LogP contribution is 2.21. The molecule has 1 atom stereocenters. The number of methoxy groups -OCH3 is 1. The van der Waals surface area contributed by atoms with Gasteiger partial charge in [0.1, 0.15) is 5.82 Å². The third kappa shape index (κ3) is 3.90. The summed E-state index contributed by atoms with van der Waals surface area (Å²) in [6, 6.07) is 13.2. The Morgan fingerprint density at radius 2 is 2.00 bits per heavy atom. The molecule has 1 fully saturated rings. The van der Waals surface area contributed by atoms with E-state index in [0.29, 0.717) is 0 Å². The van der Waals surface area contributed by atoms with E-state index in [9.17, 15) is 4.79 Å². The summed E-state index contributed by atoms with van der Waals surface area (Å²) in [6.07, 6.45) is 1.08. The van der Waals surface area contributed by atoms with Crippen LogP contribution in [0.4, 0.5) is 11.5 Å². The SMILES string of the molecule is CO[C@@H](C(=O)Nc1ccnc(N2CCNCC2)c1)c1ccccc1. The number of hydrogen-bond acceptors (Lipinski definition) is 5. The van der Waals surface area contributed by atoms with Gasteiger partial charge in [0.05, 0.1) is 0 Å². The minimum atomic E-state index is -0.637. The van der Waals surface area contributed by atoms with Gasteiger partial charge in [0.25, 0.3) is 5.91 Å². The molecule has 1 saturated heterocycles. The van der Waals surface area contributed by atoms with Crippen molar-refractivity contribution >= 4 is 17.4 Å². The largest absolute Gasteiger partial charge is 0.367 e. The predicted molar refractivity (Wildman–Crippen MR) is 94.1 cm³/mol. The summed E-state index contributed by atoms with van der Waals surface area (Å²) in [4.78, 5) is 19.2. The first-order chi connectivity index (χ1) is 11.8. The van der Waals surface area contributed by atoms with Gasteiger partial charge in [-0.3, -0.25) is 4.79 Å². The zero-order valence-electron chi connectivity index (χ0n) is 13.7. The summed E-state index contributed by atoms with van der Waals surface area (Å²) in [5.41, 5.74) is 1.55. The standard InChI is InChI=1S/C18H22N4O2/c1-24-17(14-5-3-2-4-6-14)18(23)21-15-7-8-20-16(13-15)22-11-9-19-10-12-22/h2-8,13,17,19H,9-12H2,1H3,(H,20,21,23)/t17-/m1/s1. The van der Waals surface area contributed by atoms with E-state index in [4.69, 9.17) is 4.74 Å². The first-order valence-corrected chi connectivity index (χ1v) is 8.08. The second kappa shape index (κ2) is 7.90. The third-order valence-corrected chi connectivity index (χ3v) is 4.03. The normalized spacial score (nSPS) is 15.8. The van der Waals surface area contributed by atoms with Gasteiger partial charge < -0.3 is 20.3 Å². The molecule has 1 aliphatic heterocycles. The van der Waals surface area contributed by atoms with Crippen LogP contribution < -0.4 is 15.5 Å². The molecule has 1 amide bonds. The van der Waals surface area contributed by atoms with Crippen molar-refractivity contribution in [1.82, 2.24) is 10.3 Å². The van der Waals surface area contributed by atoms with Gasteiger partial charge >= 0.3 is 0 Å². The van der Waals surface area contributed by atoms with Gasteiger partial charge in [-0.2, -0.15) is 0 Å². The number of carbonyl (C=O) groups excluding carboxylic acids is 1. The van der Waals surface area contributed by atoms with Gasteiger partial charge in [-0.05, 0) is 11.6 Å². The molecule has 6 nitrogen and oxygen atoms in total. The zero-order chi connectivity index (χ0) is 16.8. The maximum atomic E-state index is 12.6. The molecule has 126 valence electrons. The Hall–Kier alpha value is -2.44. The van der Waals surface area contributed by atoms with E-state index in [1.165, 1.54) is 7.11 Å². The molecule has 0 spiro atoms. The topological polar surface area (TPSA) is 66.5 Å². The molecule has 0 bridgehead atoms. The number of pyridine rings is 1. The van der Waals surface area contributed by atoms with Crippen molar-refractivity contribution in [1.29, 1.82) is 0 Å². The number of rotatable bonds is 5. The molecule has 1 aliphatic rings. The molecule has 0 saturated carbocycles. The molecule has 6 heteroatoms. The Kier molecular flexibility index (Phi) is 5.40. The molecular formula is C18H22N4O2. The van der Waals surface area contributed by atoms with Crippen molar-refractivity contribution in [2.24, 2.45) is 0 Å². The van der Waals surface area contributed by atoms with Crippen molar-refractivity contribution in [3.63, 3.8) is 0 Å². The number of anilines is 2. The minimum absolute atomic E-state index is 0.193. The maximum absolute atomic E-state index is 12.6. The average molecular weight is 326 g/mol. The Balaban J connectivity index is 1.71. The number of ether oxygens (including phenoxy) is 1. The number of hydrogen-bond donors (Lipinski definition) is 2. The fourth-order valence-electron chi connectivity index (χ4n) is 2.79. The third-order valence-electron chi connectivity index (χ3n) is 4.03. The molecule has 2 aromatic rings. The van der Waals surface area contributed by atoms with E-state index in [-0.39, 0.29) is 5.91 Å². The van der Waals surface area contributed by atoms with Crippen molar-refractivity contribution < 1.29 is 9.53 Å². The lowest BCUT2D eigenvalue weighted by molar-refractivity contribution is -0.126. The summed E-state index contributed by atoms with van der Waals surface area (Å²) in [7, 11) is 1.54. The van der Waals surface area contributed by atoms with Crippen LogP contribution >= 0.6 is 0 Å². The molecule has 0 radical (unpaired) electrons. The van der Waals surface area contributed by atoms with Crippen LogP contribution in [0.15, 0.2) is 48.7 Å². The second-order valence-corrected chi connectivity index (χ2v) is 5.66. The van der Waals surface area contributed by atoms with Crippen molar-refractivity contribution in [3.05, 3.63) is 54.2 Å². The monoisotopic (exact) mass is 326 g/mol. The summed E-state index contributed by atoms with van der Waals surface area (Å²) in [6.45, 7) is 3.71. The molecule has 2 N–H and O–H groups in total. The Morgan fingerprint density at radius 3 is 2.71 bits per heavy atom. The molecule has 0 aliphatic carbocycles. The Labute approximate surface area is 141 Å². The number of piperazine rings is 1. The predicted octanol–water partition coefficient (Wildman–Crippen LogP) is 1.82. The van der Waals surface area contributed by atoms with Gasteiger partial charge in [0.2, 0.25) is 0 Å². The van der Waals surface area contributed by atoms with Crippen molar-refractivity contribution in [2.45, 2.75) is 6.10 Å². The van der Waals surface area contributed by atoms with Crippen LogP contribution in [0.25, 0.3) is 0 Å². The lowest BCUT2D eigenvalue weighted by atomic mass is 10.1. The van der Waals surface area contributed by atoms with Crippen molar-refractivity contribution in [2.75, 3.05) is 43.5 Å². The van der Waals surface area contributed by atoms with E-state index < -0.39 is 6.10 Å². The van der Waals surface area contributed by atoms with Crippen LogP contribution in [0.5, 0.6) is 0 Å². The van der Waals surface area contributed by atoms with Gasteiger partial charge in [-0.15, -0.1) is 0 Å². The minimum Gasteiger partial charge on any atom is -0.367 e. The number of amides is 1. The number of nitrogens with zero attached hydrogens (tertiary/aromatic N) is 2. The number of nitrogens with one attached hydrogen (secondary N) is 2. The highest BCUT2D eigenvalue weighted by Gasteiger charge is 2.20. The maximum Gasteiger partial charge on any atom is 0.258 e. The van der Waals surface area contributed by atoms with Gasteiger partial charge in [-0.25, -0.2) is 4.98 Å². The fourth-order valence-corrected chi connectivity index (χ4v) is 2.79. The zero-order valence-corrected chi connectivity index (χ0v) is 13.7. The highest BCUT2D eigenvalue weighted by molar-refractivity contribution is 5.95. The summed E-state index contributed by atoms with van der Waals surface area (Å²) < 4.78 is 5.37. The molecule has 2 heterocycles. The van der Waals surface area contributed by atoms with Crippen LogP contribution in [-0.2, 0) is 9.53 Å². The molecule has 1 aromatic carbocycles. The quantitative estimate of drug-likeness (QED) is 0.877. The molecular weight excluding hydrogens is 304 g/mol. The van der Waals surface area contributed by atoms with Crippen LogP contribution in [-0.4, -0.2) is 44.2 Å². The van der Waals surface area contributed by atoms with Crippen LogP contribution in [0.3, 0.4) is 0 Å². The van der Waals surface area contributed by atoms with Crippen molar-refractivity contribution in [3.8, 4) is 0 Å². The van der Waals surface area contributed by atoms with E-state index in [2.05, 4.69) is 20.5 Å². The fraction of sp³-hybridized carbons (Fsp3) is 0.333. The summed E-state index contributed by atoms with van der Waals surface area (Å²) in [5.74, 6) is 0.684. The molecule has 3 rings (SSSR count). The smallest absolute Gasteiger partial charge is 0.258 e. The summed E-state index contributed by atoms with van der Waals surface area (Å²) >= 11 is 0. The van der Waals surface area contributed by atoms with Crippen LogP contribution in [0.1, 0.15) is 11.7 Å². The Morgan fingerprint density at radius 1 is 1.25 bits per heavy atom. The van der Waals surface area contributed by atoms with Gasteiger partial charge in [-0.1, -0.05) is 30.3 Å². The highest BCUT2D eigenvalue weighted by atomic mass is 16.5. The molecule has 1 aromatic heterocycles. The first-order valence-electron chi connectivity index (χ1n) is 8.08. The second-order valence-electron chi connectivity index (χ2n) is 5.66. The molecule has 0 unspecified atom stereocenters. The van der Waals surface area contributed by atoms with Crippen LogP contribution in [0, 0.1) is 0 Å². The number of benzene rings is 1. The van der Waals surface area contributed by atoms with Crippen LogP contribution in [0.2, 0.25) is 0 Å². The van der Waals surface area contributed by atoms with Gasteiger partial charge in [0, 0.05) is 51.2 Å². The first kappa shape index (κ1) is 16.4. The number of carbonyl (C=O) groups is 1. The average Bonchev–Trinajstić information content (AvgIpc) is 2.64.